The Kier molecular flexibility index (Phi) is 7.33. The van der Waals surface area contributed by atoms with Crippen LogP contribution in [0.4, 0.5) is 4.79 Å². The summed E-state index contributed by atoms with van der Waals surface area (Å²) in [7, 11) is 1.47. The van der Waals surface area contributed by atoms with E-state index >= 15 is 0 Å². The Labute approximate surface area is 175 Å². The number of carbonyl (C=O) groups is 3. The molecule has 2 saturated heterocycles. The van der Waals surface area contributed by atoms with Gasteiger partial charge in [-0.2, -0.15) is 0 Å². The van der Waals surface area contributed by atoms with E-state index in [1.807, 2.05) is 0 Å². The molecule has 0 aromatic rings. The maximum absolute atomic E-state index is 12.4. The first-order chi connectivity index (χ1) is 13.7. The van der Waals surface area contributed by atoms with Gasteiger partial charge in [0.25, 0.3) is 0 Å². The van der Waals surface area contributed by atoms with E-state index in [0.29, 0.717) is 0 Å². The molecule has 0 aromatic heterocycles. The van der Waals surface area contributed by atoms with Gasteiger partial charge in [-0.15, -0.1) is 0 Å². The Morgan fingerprint density at radius 2 is 1.80 bits per heavy atom. The Morgan fingerprint density at radius 1 is 1.17 bits per heavy atom. The third-order valence-electron chi connectivity index (χ3n) is 4.55. The summed E-state index contributed by atoms with van der Waals surface area (Å²) in [6, 6.07) is -1.97. The zero-order chi connectivity index (χ0) is 22.9. The molecule has 0 bridgehead atoms. The quantitative estimate of drug-likeness (QED) is 0.531. The maximum Gasteiger partial charge on any atom is 0.407 e. The zero-order valence-corrected chi connectivity index (χ0v) is 18.4. The van der Waals surface area contributed by atoms with Crippen molar-refractivity contribution in [2.75, 3.05) is 7.11 Å². The molecular formula is C19H32N2O9. The number of alkyl carbamates (subject to hydrolysis) is 1. The Morgan fingerprint density at radius 3 is 2.33 bits per heavy atom. The molecule has 2 fully saturated rings. The van der Waals surface area contributed by atoms with Crippen LogP contribution in [0.3, 0.4) is 0 Å². The lowest BCUT2D eigenvalue weighted by molar-refractivity contribution is -0.219. The molecule has 0 aromatic carbocycles. The monoisotopic (exact) mass is 432 g/mol. The molecule has 0 aliphatic carbocycles. The van der Waals surface area contributed by atoms with E-state index in [9.17, 15) is 14.4 Å². The number of fused-ring (bicyclic) bond motifs is 1. The van der Waals surface area contributed by atoms with Crippen LogP contribution < -0.4 is 10.6 Å². The highest BCUT2D eigenvalue weighted by molar-refractivity contribution is 5.84. The van der Waals surface area contributed by atoms with E-state index in [-0.39, 0.29) is 6.42 Å². The average Bonchev–Trinajstić information content (AvgIpc) is 3.03. The molecule has 2 amide bonds. The van der Waals surface area contributed by atoms with Gasteiger partial charge in [0.05, 0.1) is 6.04 Å². The van der Waals surface area contributed by atoms with Gasteiger partial charge in [0.1, 0.15) is 30.0 Å². The van der Waals surface area contributed by atoms with Crippen LogP contribution in [-0.2, 0) is 33.3 Å². The Balaban J connectivity index is 2.17. The van der Waals surface area contributed by atoms with Gasteiger partial charge in [0, 0.05) is 13.5 Å². The molecule has 0 radical (unpaired) electrons. The van der Waals surface area contributed by atoms with E-state index in [4.69, 9.17) is 28.8 Å². The van der Waals surface area contributed by atoms with Gasteiger partial charge in [-0.25, -0.2) is 4.79 Å². The molecule has 0 spiro atoms. The molecule has 3 N–H and O–H groups in total. The number of carboxylic acid groups (broad SMARTS) is 1. The minimum atomic E-state index is -1.18. The van der Waals surface area contributed by atoms with E-state index in [2.05, 4.69) is 10.6 Å². The minimum absolute atomic E-state index is 0.260. The van der Waals surface area contributed by atoms with Gasteiger partial charge >= 0.3 is 12.1 Å². The largest absolute Gasteiger partial charge is 0.480 e. The molecule has 2 rings (SSSR count). The van der Waals surface area contributed by atoms with Gasteiger partial charge in [0.15, 0.2) is 12.1 Å². The molecule has 2 aliphatic rings. The summed E-state index contributed by atoms with van der Waals surface area (Å²) in [5.41, 5.74) is -0.751. The van der Waals surface area contributed by atoms with Crippen molar-refractivity contribution in [2.24, 2.45) is 0 Å². The van der Waals surface area contributed by atoms with Crippen LogP contribution in [0.15, 0.2) is 0 Å². The predicted octanol–water partition coefficient (Wildman–Crippen LogP) is 0.751. The summed E-state index contributed by atoms with van der Waals surface area (Å²) in [4.78, 5) is 35.8. The van der Waals surface area contributed by atoms with Gasteiger partial charge in [-0.05, 0) is 41.5 Å². The molecule has 6 atom stereocenters. The van der Waals surface area contributed by atoms with Crippen molar-refractivity contribution in [2.45, 2.75) is 96.0 Å². The average molecular weight is 432 g/mol. The van der Waals surface area contributed by atoms with Crippen molar-refractivity contribution < 1.29 is 43.2 Å². The number of rotatable bonds is 7. The fourth-order valence-corrected chi connectivity index (χ4v) is 3.37. The van der Waals surface area contributed by atoms with Crippen molar-refractivity contribution in [1.29, 1.82) is 0 Å². The van der Waals surface area contributed by atoms with Crippen molar-refractivity contribution in [3.63, 3.8) is 0 Å². The minimum Gasteiger partial charge on any atom is -0.480 e. The second-order valence-corrected chi connectivity index (χ2v) is 8.85. The van der Waals surface area contributed by atoms with Crippen LogP contribution in [-0.4, -0.2) is 78.3 Å². The topological polar surface area (TPSA) is 142 Å². The molecule has 0 saturated carbocycles. The first-order valence-corrected chi connectivity index (χ1v) is 9.78. The predicted molar refractivity (Wildman–Crippen MR) is 103 cm³/mol. The molecule has 30 heavy (non-hydrogen) atoms. The van der Waals surface area contributed by atoms with Gasteiger partial charge in [0.2, 0.25) is 5.91 Å². The molecule has 11 nitrogen and oxygen atoms in total. The normalized spacial score (nSPS) is 29.6. The number of aliphatic carboxylic acids is 1. The number of methoxy groups -OCH3 is 1. The van der Waals surface area contributed by atoms with Crippen LogP contribution in [0.1, 0.15) is 48.0 Å². The summed E-state index contributed by atoms with van der Waals surface area (Å²) in [6.45, 7) is 9.96. The molecule has 0 unspecified atom stereocenters. The lowest BCUT2D eigenvalue weighted by Gasteiger charge is -2.31. The fourth-order valence-electron chi connectivity index (χ4n) is 3.37. The van der Waals surface area contributed by atoms with E-state index < -0.39 is 66.0 Å². The number of hydrogen-bond donors (Lipinski definition) is 3. The van der Waals surface area contributed by atoms with Crippen molar-refractivity contribution in [3.05, 3.63) is 0 Å². The second kappa shape index (κ2) is 9.04. The van der Waals surface area contributed by atoms with Crippen LogP contribution in [0, 0.1) is 0 Å². The van der Waals surface area contributed by atoms with E-state index in [1.54, 1.807) is 34.6 Å². The number of ether oxygens (including phenoxy) is 5. The smallest absolute Gasteiger partial charge is 0.407 e. The highest BCUT2D eigenvalue weighted by atomic mass is 16.8. The fraction of sp³-hybridized carbons (Fsp3) is 0.842. The zero-order valence-electron chi connectivity index (χ0n) is 18.4. The van der Waals surface area contributed by atoms with Crippen LogP contribution >= 0.6 is 0 Å². The first kappa shape index (κ1) is 24.3. The number of nitrogens with one attached hydrogen (secondary N) is 2. The Bertz CT molecular complexity index is 661. The van der Waals surface area contributed by atoms with Crippen LogP contribution in [0.5, 0.6) is 0 Å². The van der Waals surface area contributed by atoms with Crippen molar-refractivity contribution >= 4 is 18.0 Å². The van der Waals surface area contributed by atoms with Gasteiger partial charge < -0.3 is 39.4 Å². The maximum atomic E-state index is 12.4. The number of amides is 2. The molecular weight excluding hydrogens is 400 g/mol. The summed E-state index contributed by atoms with van der Waals surface area (Å²) in [6.07, 6.45) is -3.73. The van der Waals surface area contributed by atoms with E-state index in [0.717, 1.165) is 0 Å². The summed E-state index contributed by atoms with van der Waals surface area (Å²) in [5, 5.41) is 14.0. The highest BCUT2D eigenvalue weighted by Gasteiger charge is 2.57. The summed E-state index contributed by atoms with van der Waals surface area (Å²) in [5.74, 6) is -2.62. The van der Waals surface area contributed by atoms with E-state index in [1.165, 1.54) is 14.0 Å². The molecule has 2 aliphatic heterocycles. The second-order valence-electron chi connectivity index (χ2n) is 8.85. The van der Waals surface area contributed by atoms with Crippen LogP contribution in [0.25, 0.3) is 0 Å². The molecule has 172 valence electrons. The summed E-state index contributed by atoms with van der Waals surface area (Å²) >= 11 is 0. The van der Waals surface area contributed by atoms with Crippen molar-refractivity contribution in [3.8, 4) is 0 Å². The standard InChI is InChI=1S/C19H32N2O9/c1-9(15(23)24)20-11(22)8-10(21-17(25)30-18(2,3)4)12-13(26-7)14-16(27-12)29-19(5,6)28-14/h9-10,12-14,16H,8H2,1-7H3,(H,20,22)(H,21,25)(H,23,24)/t9-,10+,12+,13-,14+,16+/m0/s1. The molecule has 11 heteroatoms. The summed E-state index contributed by atoms with van der Waals surface area (Å²) < 4.78 is 28.3. The molecule has 2 heterocycles. The van der Waals surface area contributed by atoms with Crippen LogP contribution in [0.2, 0.25) is 0 Å². The number of carbonyl (C=O) groups excluding carboxylic acids is 2. The third kappa shape index (κ3) is 6.27. The number of hydrogen-bond acceptors (Lipinski definition) is 8. The lowest BCUT2D eigenvalue weighted by Crippen LogP contribution is -2.53. The lowest BCUT2D eigenvalue weighted by atomic mass is 10.00. The third-order valence-corrected chi connectivity index (χ3v) is 4.55. The Hall–Kier alpha value is -1.95. The SMILES string of the molecule is CO[C@@H]1[C@H]2OC(C)(C)O[C@H]2O[C@@H]1[C@@H](CC(=O)N[C@@H](C)C(=O)O)NC(=O)OC(C)(C)C. The van der Waals surface area contributed by atoms with Gasteiger partial charge in [-0.3, -0.25) is 9.59 Å². The number of carboxylic acids is 1. The first-order valence-electron chi connectivity index (χ1n) is 9.78. The van der Waals surface area contributed by atoms with Gasteiger partial charge in [-0.1, -0.05) is 0 Å². The van der Waals surface area contributed by atoms with Crippen molar-refractivity contribution in [1.82, 2.24) is 10.6 Å². The highest BCUT2D eigenvalue weighted by Crippen LogP contribution is 2.39.